The average Bonchev–Trinajstić information content (AvgIpc) is 3.16. The zero-order valence-corrected chi connectivity index (χ0v) is 12.3. The molecule has 1 amide bonds. The van der Waals surface area contributed by atoms with Crippen LogP contribution in [0.25, 0.3) is 0 Å². The van der Waals surface area contributed by atoms with E-state index in [0.717, 1.165) is 5.75 Å². The van der Waals surface area contributed by atoms with E-state index in [1.165, 1.54) is 28.7 Å². The Hall–Kier alpha value is -2.40. The Labute approximate surface area is 130 Å². The van der Waals surface area contributed by atoms with Crippen molar-refractivity contribution in [1.82, 2.24) is 19.7 Å². The SMILES string of the molecule is N#Cc1nncn1CC(=O)N1CCSC1c1ccccc1F. The summed E-state index contributed by atoms with van der Waals surface area (Å²) < 4.78 is 15.3. The van der Waals surface area contributed by atoms with E-state index in [0.29, 0.717) is 12.1 Å². The molecule has 1 aromatic carbocycles. The molecule has 3 rings (SSSR count). The molecule has 0 N–H and O–H groups in total. The monoisotopic (exact) mass is 317 g/mol. The summed E-state index contributed by atoms with van der Waals surface area (Å²) in [5.41, 5.74) is 0.502. The smallest absolute Gasteiger partial charge is 0.243 e. The predicted octanol–water partition coefficient (Wildman–Crippen LogP) is 1.56. The Kier molecular flexibility index (Phi) is 4.06. The average molecular weight is 317 g/mol. The zero-order chi connectivity index (χ0) is 15.5. The van der Waals surface area contributed by atoms with Crippen molar-refractivity contribution in [2.24, 2.45) is 0 Å². The lowest BCUT2D eigenvalue weighted by Gasteiger charge is -2.24. The highest BCUT2D eigenvalue weighted by atomic mass is 32.2. The first-order valence-corrected chi connectivity index (χ1v) is 7.69. The molecule has 0 spiro atoms. The number of rotatable bonds is 3. The number of hydrogen-bond acceptors (Lipinski definition) is 5. The molecule has 0 bridgehead atoms. The van der Waals surface area contributed by atoms with Gasteiger partial charge in [0.2, 0.25) is 11.7 Å². The molecule has 2 heterocycles. The minimum atomic E-state index is -0.337. The maximum absolute atomic E-state index is 14.0. The van der Waals surface area contributed by atoms with Crippen molar-refractivity contribution in [2.75, 3.05) is 12.3 Å². The van der Waals surface area contributed by atoms with E-state index in [4.69, 9.17) is 5.26 Å². The first-order valence-electron chi connectivity index (χ1n) is 6.64. The molecule has 1 atom stereocenters. The fraction of sp³-hybridized carbons (Fsp3) is 0.286. The summed E-state index contributed by atoms with van der Waals surface area (Å²) in [5.74, 6) is 0.330. The van der Waals surface area contributed by atoms with Gasteiger partial charge in [-0.1, -0.05) is 18.2 Å². The largest absolute Gasteiger partial charge is 0.324 e. The lowest BCUT2D eigenvalue weighted by Crippen LogP contribution is -2.33. The molecular weight excluding hydrogens is 305 g/mol. The molecule has 0 saturated carbocycles. The molecule has 1 aliphatic rings. The number of nitriles is 1. The molecule has 2 aromatic rings. The van der Waals surface area contributed by atoms with Crippen LogP contribution < -0.4 is 0 Å². The van der Waals surface area contributed by atoms with E-state index in [1.54, 1.807) is 23.1 Å². The number of aromatic nitrogens is 3. The number of thioether (sulfide) groups is 1. The summed E-state index contributed by atoms with van der Waals surface area (Å²) in [6, 6.07) is 8.35. The van der Waals surface area contributed by atoms with Gasteiger partial charge in [0.15, 0.2) is 0 Å². The Morgan fingerprint density at radius 3 is 3.09 bits per heavy atom. The van der Waals surface area contributed by atoms with Crippen LogP contribution in [-0.2, 0) is 11.3 Å². The maximum atomic E-state index is 14.0. The molecule has 22 heavy (non-hydrogen) atoms. The highest BCUT2D eigenvalue weighted by Gasteiger charge is 2.32. The molecule has 1 aliphatic heterocycles. The molecule has 0 aliphatic carbocycles. The molecule has 8 heteroatoms. The van der Waals surface area contributed by atoms with Gasteiger partial charge in [-0.2, -0.15) is 5.26 Å². The first kappa shape index (κ1) is 14.5. The van der Waals surface area contributed by atoms with Crippen LogP contribution >= 0.6 is 11.8 Å². The molecule has 1 saturated heterocycles. The van der Waals surface area contributed by atoms with Gasteiger partial charge in [0.1, 0.15) is 30.1 Å². The van der Waals surface area contributed by atoms with Crippen molar-refractivity contribution in [2.45, 2.75) is 11.9 Å². The number of amides is 1. The van der Waals surface area contributed by atoms with Gasteiger partial charge >= 0.3 is 0 Å². The Morgan fingerprint density at radius 2 is 2.32 bits per heavy atom. The van der Waals surface area contributed by atoms with E-state index >= 15 is 0 Å². The molecule has 1 fully saturated rings. The van der Waals surface area contributed by atoms with Gasteiger partial charge in [-0.15, -0.1) is 22.0 Å². The number of nitrogens with zero attached hydrogens (tertiary/aromatic N) is 5. The number of benzene rings is 1. The van der Waals surface area contributed by atoms with Crippen molar-refractivity contribution >= 4 is 17.7 Å². The maximum Gasteiger partial charge on any atom is 0.243 e. The van der Waals surface area contributed by atoms with Gasteiger partial charge in [0.05, 0.1) is 0 Å². The van der Waals surface area contributed by atoms with Crippen molar-refractivity contribution in [1.29, 1.82) is 5.26 Å². The topological polar surface area (TPSA) is 74.8 Å². The number of carbonyl (C=O) groups is 1. The second-order valence-corrected chi connectivity index (χ2v) is 5.91. The van der Waals surface area contributed by atoms with Crippen molar-refractivity contribution in [3.8, 4) is 6.07 Å². The van der Waals surface area contributed by atoms with Crippen LogP contribution in [0, 0.1) is 17.1 Å². The van der Waals surface area contributed by atoms with Crippen LogP contribution in [-0.4, -0.2) is 37.9 Å². The lowest BCUT2D eigenvalue weighted by atomic mass is 10.2. The van der Waals surface area contributed by atoms with Crippen LogP contribution in [0.2, 0.25) is 0 Å². The van der Waals surface area contributed by atoms with Crippen molar-refractivity contribution in [3.63, 3.8) is 0 Å². The van der Waals surface area contributed by atoms with E-state index < -0.39 is 0 Å². The highest BCUT2D eigenvalue weighted by Crippen LogP contribution is 2.39. The van der Waals surface area contributed by atoms with E-state index in [2.05, 4.69) is 10.2 Å². The minimum absolute atomic E-state index is 0.0264. The van der Waals surface area contributed by atoms with Crippen LogP contribution in [0.3, 0.4) is 0 Å². The molecule has 6 nitrogen and oxygen atoms in total. The summed E-state index contributed by atoms with van der Waals surface area (Å²) >= 11 is 1.53. The summed E-state index contributed by atoms with van der Waals surface area (Å²) in [5, 5.41) is 15.8. The third-order valence-corrected chi connectivity index (χ3v) is 4.65. The predicted molar refractivity (Wildman–Crippen MR) is 78.0 cm³/mol. The summed E-state index contributed by atoms with van der Waals surface area (Å²) in [7, 11) is 0. The fourth-order valence-corrected chi connectivity index (χ4v) is 3.65. The number of hydrogen-bond donors (Lipinski definition) is 0. The Bertz CT molecular complexity index is 741. The van der Waals surface area contributed by atoms with Gasteiger partial charge in [-0.25, -0.2) is 4.39 Å². The van der Waals surface area contributed by atoms with E-state index in [-0.39, 0.29) is 29.5 Å². The van der Waals surface area contributed by atoms with Gasteiger partial charge in [0.25, 0.3) is 0 Å². The number of carbonyl (C=O) groups excluding carboxylic acids is 1. The zero-order valence-electron chi connectivity index (χ0n) is 11.5. The third kappa shape index (κ3) is 2.67. The van der Waals surface area contributed by atoms with Crippen LogP contribution in [0.4, 0.5) is 4.39 Å². The first-order chi connectivity index (χ1) is 10.7. The molecule has 0 radical (unpaired) electrons. The Balaban J connectivity index is 1.80. The summed E-state index contributed by atoms with van der Waals surface area (Å²) in [4.78, 5) is 14.1. The van der Waals surface area contributed by atoms with Gasteiger partial charge in [0, 0.05) is 17.9 Å². The highest BCUT2D eigenvalue weighted by molar-refractivity contribution is 7.99. The normalized spacial score (nSPS) is 17.5. The van der Waals surface area contributed by atoms with Gasteiger partial charge in [-0.3, -0.25) is 9.36 Å². The van der Waals surface area contributed by atoms with Gasteiger partial charge in [-0.05, 0) is 6.07 Å². The minimum Gasteiger partial charge on any atom is -0.324 e. The second-order valence-electron chi connectivity index (χ2n) is 4.73. The lowest BCUT2D eigenvalue weighted by molar-refractivity contribution is -0.132. The molecule has 1 aromatic heterocycles. The molecule has 112 valence electrons. The van der Waals surface area contributed by atoms with Crippen LogP contribution in [0.1, 0.15) is 16.8 Å². The quantitative estimate of drug-likeness (QED) is 0.859. The summed E-state index contributed by atoms with van der Waals surface area (Å²) in [6.07, 6.45) is 1.35. The molecule has 1 unspecified atom stereocenters. The van der Waals surface area contributed by atoms with Crippen LogP contribution in [0.15, 0.2) is 30.6 Å². The molecular formula is C14H12FN5OS. The standard InChI is InChI=1S/C14H12FN5OS/c15-11-4-2-1-3-10(11)14-20(5-6-22-14)13(21)8-19-9-17-18-12(19)7-16/h1-4,9,14H,5-6,8H2. The fourth-order valence-electron chi connectivity index (χ4n) is 2.35. The van der Waals surface area contributed by atoms with Crippen molar-refractivity contribution in [3.05, 3.63) is 47.8 Å². The summed E-state index contributed by atoms with van der Waals surface area (Å²) in [6.45, 7) is 0.522. The van der Waals surface area contributed by atoms with E-state index in [1.807, 2.05) is 6.07 Å². The van der Waals surface area contributed by atoms with E-state index in [9.17, 15) is 9.18 Å². The van der Waals surface area contributed by atoms with Crippen LogP contribution in [0.5, 0.6) is 0 Å². The third-order valence-electron chi connectivity index (χ3n) is 3.40. The second kappa shape index (κ2) is 6.15. The van der Waals surface area contributed by atoms with Crippen molar-refractivity contribution < 1.29 is 9.18 Å². The van der Waals surface area contributed by atoms with Gasteiger partial charge < -0.3 is 4.90 Å². The Morgan fingerprint density at radius 1 is 1.50 bits per heavy atom. The number of halogens is 1.